The van der Waals surface area contributed by atoms with Crippen LogP contribution in [0.1, 0.15) is 20.8 Å². The van der Waals surface area contributed by atoms with Crippen LogP contribution >= 0.6 is 0 Å². The maximum absolute atomic E-state index is 12.5. The van der Waals surface area contributed by atoms with E-state index in [0.717, 1.165) is 17.2 Å². The van der Waals surface area contributed by atoms with Gasteiger partial charge in [0.25, 0.3) is 5.91 Å². The van der Waals surface area contributed by atoms with Gasteiger partial charge in [-0.15, -0.1) is 5.10 Å². The molecule has 1 heterocycles. The van der Waals surface area contributed by atoms with E-state index < -0.39 is 14.0 Å². The van der Waals surface area contributed by atoms with Crippen LogP contribution in [0, 0.1) is 0 Å². The van der Waals surface area contributed by atoms with Crippen molar-refractivity contribution in [3.63, 3.8) is 0 Å². The average molecular weight is 467 g/mol. The molecule has 0 bridgehead atoms. The highest BCUT2D eigenvalue weighted by atomic mass is 28.3. The van der Waals surface area contributed by atoms with Crippen LogP contribution in [0.5, 0.6) is 5.75 Å². The summed E-state index contributed by atoms with van der Waals surface area (Å²) in [6, 6.07) is 15.5. The molecule has 0 spiro atoms. The van der Waals surface area contributed by atoms with Gasteiger partial charge in [0.1, 0.15) is 5.75 Å². The Morgan fingerprint density at radius 3 is 2.39 bits per heavy atom. The van der Waals surface area contributed by atoms with Crippen LogP contribution in [0.2, 0.25) is 25.7 Å². The van der Waals surface area contributed by atoms with Gasteiger partial charge in [0.2, 0.25) is 0 Å². The summed E-state index contributed by atoms with van der Waals surface area (Å²) in [4.78, 5) is 27.8. The van der Waals surface area contributed by atoms with Crippen molar-refractivity contribution >= 4 is 20.0 Å². The first-order valence-corrected chi connectivity index (χ1v) is 14.5. The Morgan fingerprint density at radius 2 is 1.73 bits per heavy atom. The van der Waals surface area contributed by atoms with E-state index in [4.69, 9.17) is 9.47 Å². The van der Waals surface area contributed by atoms with Gasteiger partial charge in [-0.05, 0) is 35.4 Å². The van der Waals surface area contributed by atoms with E-state index in [1.165, 1.54) is 11.0 Å². The molecule has 0 saturated heterocycles. The molecule has 0 unspecified atom stereocenters. The fraction of sp³-hybridized carbons (Fsp3) is 0.333. The molecule has 1 aromatic heterocycles. The minimum absolute atomic E-state index is 0.0753. The molecule has 3 aromatic rings. The summed E-state index contributed by atoms with van der Waals surface area (Å²) in [6.07, 6.45) is 1.36. The maximum Gasteiger partial charge on any atom is 0.365 e. The van der Waals surface area contributed by atoms with Gasteiger partial charge in [-0.1, -0.05) is 50.0 Å². The third-order valence-electron chi connectivity index (χ3n) is 4.89. The second kappa shape index (κ2) is 10.5. The zero-order valence-corrected chi connectivity index (χ0v) is 20.7. The molecule has 3 rings (SSSR count). The molecule has 2 aromatic carbocycles. The van der Waals surface area contributed by atoms with Crippen LogP contribution in [-0.2, 0) is 11.5 Å². The molecule has 8 nitrogen and oxygen atoms in total. The Kier molecular flexibility index (Phi) is 7.78. The number of ether oxygens (including phenoxy) is 2. The lowest BCUT2D eigenvalue weighted by molar-refractivity contribution is 0.0657. The maximum atomic E-state index is 12.5. The second-order valence-electron chi connectivity index (χ2n) is 9.11. The van der Waals surface area contributed by atoms with E-state index >= 15 is 0 Å². The molecule has 0 atom stereocenters. The standard InChI is InChI=1S/C24H30N4O4Si/c1-27(2)23(29)21-9-7-6-8-20(21)18-10-12-19(13-11-18)32-24(30)22-16-25-28(26-22)17-31-14-15-33(3,4)5/h6-13,16H,14-15,17H2,1-5H3. The monoisotopic (exact) mass is 466 g/mol. The highest BCUT2D eigenvalue weighted by Gasteiger charge is 2.16. The topological polar surface area (TPSA) is 86.6 Å². The Labute approximate surface area is 195 Å². The highest BCUT2D eigenvalue weighted by molar-refractivity contribution is 6.76. The van der Waals surface area contributed by atoms with Gasteiger partial charge < -0.3 is 14.4 Å². The number of carbonyl (C=O) groups excluding carboxylic acids is 2. The molecular formula is C24H30N4O4Si. The number of benzene rings is 2. The van der Waals surface area contributed by atoms with Gasteiger partial charge in [0.15, 0.2) is 12.4 Å². The van der Waals surface area contributed by atoms with E-state index in [2.05, 4.69) is 29.8 Å². The van der Waals surface area contributed by atoms with E-state index in [1.807, 2.05) is 30.3 Å². The van der Waals surface area contributed by atoms with Crippen LogP contribution in [-0.4, -0.2) is 60.5 Å². The van der Waals surface area contributed by atoms with Crippen molar-refractivity contribution in [3.8, 4) is 16.9 Å². The first-order valence-electron chi connectivity index (χ1n) is 10.8. The van der Waals surface area contributed by atoms with Gasteiger partial charge in [0.05, 0.1) is 6.20 Å². The average Bonchev–Trinajstić information content (AvgIpc) is 3.25. The molecule has 0 N–H and O–H groups in total. The zero-order valence-electron chi connectivity index (χ0n) is 19.7. The molecule has 0 radical (unpaired) electrons. The van der Waals surface area contributed by atoms with Gasteiger partial charge in [-0.2, -0.15) is 9.90 Å². The summed E-state index contributed by atoms with van der Waals surface area (Å²) in [7, 11) is 2.28. The van der Waals surface area contributed by atoms with Crippen molar-refractivity contribution < 1.29 is 19.1 Å². The predicted molar refractivity (Wildman–Crippen MR) is 129 cm³/mol. The van der Waals surface area contributed by atoms with Gasteiger partial charge in [0, 0.05) is 34.3 Å². The van der Waals surface area contributed by atoms with Gasteiger partial charge in [-0.25, -0.2) is 4.79 Å². The molecule has 0 aliphatic rings. The van der Waals surface area contributed by atoms with Crippen molar-refractivity contribution in [2.45, 2.75) is 32.4 Å². The normalized spacial score (nSPS) is 11.3. The van der Waals surface area contributed by atoms with Crippen molar-refractivity contribution in [2.24, 2.45) is 0 Å². The SMILES string of the molecule is CN(C)C(=O)c1ccccc1-c1ccc(OC(=O)c2cnn(COCC[Si](C)(C)C)n2)cc1. The Morgan fingerprint density at radius 1 is 1.03 bits per heavy atom. The lowest BCUT2D eigenvalue weighted by atomic mass is 9.99. The summed E-state index contributed by atoms with van der Waals surface area (Å²) in [5.74, 6) is -0.297. The van der Waals surface area contributed by atoms with Crippen LogP contribution in [0.15, 0.2) is 54.7 Å². The van der Waals surface area contributed by atoms with Crippen molar-refractivity contribution in [1.29, 1.82) is 0 Å². The lowest BCUT2D eigenvalue weighted by Gasteiger charge is -2.14. The lowest BCUT2D eigenvalue weighted by Crippen LogP contribution is -2.22. The molecule has 1 amide bonds. The molecule has 0 saturated carbocycles. The summed E-state index contributed by atoms with van der Waals surface area (Å²) < 4.78 is 11.0. The predicted octanol–water partition coefficient (Wildman–Crippen LogP) is 4.18. The third-order valence-corrected chi connectivity index (χ3v) is 6.59. The van der Waals surface area contributed by atoms with E-state index in [-0.39, 0.29) is 18.3 Å². The number of hydrogen-bond donors (Lipinski definition) is 0. The Bertz CT molecular complexity index is 1100. The van der Waals surface area contributed by atoms with Crippen molar-refractivity contribution in [2.75, 3.05) is 20.7 Å². The van der Waals surface area contributed by atoms with Crippen LogP contribution in [0.25, 0.3) is 11.1 Å². The highest BCUT2D eigenvalue weighted by Crippen LogP contribution is 2.26. The Balaban J connectivity index is 1.62. The molecule has 0 aliphatic carbocycles. The number of hydrogen-bond acceptors (Lipinski definition) is 6. The first kappa shape index (κ1) is 24.3. The number of nitrogens with zero attached hydrogens (tertiary/aromatic N) is 4. The number of aromatic nitrogens is 3. The smallest absolute Gasteiger partial charge is 0.365 e. The van der Waals surface area contributed by atoms with E-state index in [0.29, 0.717) is 17.9 Å². The minimum Gasteiger partial charge on any atom is -0.422 e. The van der Waals surface area contributed by atoms with Crippen LogP contribution in [0.3, 0.4) is 0 Å². The molecule has 9 heteroatoms. The Hall–Kier alpha value is -3.30. The zero-order chi connectivity index (χ0) is 24.0. The summed E-state index contributed by atoms with van der Waals surface area (Å²) >= 11 is 0. The van der Waals surface area contributed by atoms with E-state index in [9.17, 15) is 9.59 Å². The first-order chi connectivity index (χ1) is 15.6. The number of esters is 1. The second-order valence-corrected chi connectivity index (χ2v) is 14.7. The summed E-state index contributed by atoms with van der Waals surface area (Å²) in [5.41, 5.74) is 2.37. The van der Waals surface area contributed by atoms with Crippen LogP contribution < -0.4 is 4.74 Å². The van der Waals surface area contributed by atoms with E-state index in [1.54, 1.807) is 37.2 Å². The third kappa shape index (κ3) is 6.84. The van der Waals surface area contributed by atoms with Crippen molar-refractivity contribution in [3.05, 3.63) is 66.0 Å². The summed E-state index contributed by atoms with van der Waals surface area (Å²) in [6.45, 7) is 7.69. The quantitative estimate of drug-likeness (QED) is 0.204. The number of rotatable bonds is 9. The fourth-order valence-electron chi connectivity index (χ4n) is 3.00. The largest absolute Gasteiger partial charge is 0.422 e. The van der Waals surface area contributed by atoms with Crippen molar-refractivity contribution in [1.82, 2.24) is 19.9 Å². The van der Waals surface area contributed by atoms with Crippen LogP contribution in [0.4, 0.5) is 0 Å². The molecular weight excluding hydrogens is 436 g/mol. The number of amides is 1. The number of carbonyl (C=O) groups is 2. The molecule has 0 fully saturated rings. The van der Waals surface area contributed by atoms with Gasteiger partial charge in [-0.3, -0.25) is 4.79 Å². The molecule has 0 aliphatic heterocycles. The minimum atomic E-state index is -1.16. The van der Waals surface area contributed by atoms with Gasteiger partial charge >= 0.3 is 5.97 Å². The summed E-state index contributed by atoms with van der Waals surface area (Å²) in [5, 5.41) is 8.19. The fourth-order valence-corrected chi connectivity index (χ4v) is 3.76. The molecule has 174 valence electrons. The molecule has 33 heavy (non-hydrogen) atoms.